The molecule has 1 aliphatic rings. The highest BCUT2D eigenvalue weighted by molar-refractivity contribution is 7.59. The smallest absolute Gasteiger partial charge is 0.334 e. The van der Waals surface area contributed by atoms with E-state index in [2.05, 4.69) is 30.6 Å². The van der Waals surface area contributed by atoms with Crippen LogP contribution in [0.5, 0.6) is 0 Å². The highest BCUT2D eigenvalue weighted by Crippen LogP contribution is 2.39. The number of nitrogens with one attached hydrogen (secondary N) is 1. The summed E-state index contributed by atoms with van der Waals surface area (Å²) in [6, 6.07) is 8.02. The van der Waals surface area contributed by atoms with Crippen LogP contribution in [-0.4, -0.2) is 45.3 Å². The molecule has 0 aliphatic carbocycles. The van der Waals surface area contributed by atoms with Crippen molar-refractivity contribution < 1.29 is 17.6 Å². The van der Waals surface area contributed by atoms with Crippen LogP contribution in [0.2, 0.25) is 0 Å². The topological polar surface area (TPSA) is 91.3 Å². The van der Waals surface area contributed by atoms with E-state index in [1.54, 1.807) is 47.0 Å². The van der Waals surface area contributed by atoms with Gasteiger partial charge in [-0.1, -0.05) is 12.1 Å². The molecular formula is C25H23F4N9S. The van der Waals surface area contributed by atoms with Gasteiger partial charge in [0.1, 0.15) is 17.8 Å². The van der Waals surface area contributed by atoms with Crippen LogP contribution in [0.3, 0.4) is 0 Å². The fourth-order valence-electron chi connectivity index (χ4n) is 4.59. The molecule has 5 aromatic rings. The van der Waals surface area contributed by atoms with Crippen molar-refractivity contribution in [2.75, 3.05) is 5.32 Å². The van der Waals surface area contributed by atoms with Gasteiger partial charge in [0.05, 0.1) is 36.2 Å². The van der Waals surface area contributed by atoms with E-state index in [0.29, 0.717) is 28.7 Å². The Hall–Kier alpha value is -4.20. The lowest BCUT2D eigenvalue weighted by Crippen LogP contribution is -2.25. The van der Waals surface area contributed by atoms with Crippen molar-refractivity contribution in [3.63, 3.8) is 0 Å². The number of halogens is 4. The maximum atomic E-state index is 15.4. The quantitative estimate of drug-likeness (QED) is 0.314. The van der Waals surface area contributed by atoms with Gasteiger partial charge in [0.15, 0.2) is 5.82 Å². The number of hydrogen-bond acceptors (Lipinski definition) is 6. The van der Waals surface area contributed by atoms with Crippen molar-refractivity contribution in [2.24, 2.45) is 7.05 Å². The number of benzene rings is 1. The maximum Gasteiger partial charge on any atom is 0.334 e. The van der Waals surface area contributed by atoms with Gasteiger partial charge in [0.2, 0.25) is 11.8 Å². The van der Waals surface area contributed by atoms with Crippen LogP contribution in [0, 0.1) is 12.7 Å². The summed E-state index contributed by atoms with van der Waals surface area (Å²) >= 11 is 0. The van der Waals surface area contributed by atoms with Crippen LogP contribution in [0.4, 0.5) is 29.3 Å². The van der Waals surface area contributed by atoms with Crippen molar-refractivity contribution in [3.8, 4) is 22.8 Å². The first kappa shape index (κ1) is 26.4. The molecular weight excluding hydrogens is 534 g/mol. The molecule has 14 heteroatoms. The Morgan fingerprint density at radius 1 is 1.10 bits per heavy atom. The van der Waals surface area contributed by atoms with Gasteiger partial charge in [-0.15, -0.1) is 10.2 Å². The van der Waals surface area contributed by atoms with E-state index in [0.717, 1.165) is 22.3 Å². The third kappa shape index (κ3) is 4.54. The average Bonchev–Trinajstić information content (AvgIpc) is 3.58. The van der Waals surface area contributed by atoms with Crippen LogP contribution >= 0.6 is 13.5 Å². The highest BCUT2D eigenvalue weighted by atomic mass is 32.1. The minimum atomic E-state index is -3.82. The molecule has 0 saturated heterocycles. The Bertz CT molecular complexity index is 1660. The molecule has 0 saturated carbocycles. The summed E-state index contributed by atoms with van der Waals surface area (Å²) in [5.41, 5.74) is 1.49. The molecule has 39 heavy (non-hydrogen) atoms. The Kier molecular flexibility index (Phi) is 6.66. The lowest BCUT2D eigenvalue weighted by Gasteiger charge is -2.18. The standard InChI is InChI=1S/C25H21F4N9.H2S/c1-14-10-30-24(32-20-7-8-31-36(20)2)33-21(14)15-9-19-22-34-35-23(38(22)13-16(26)12-37(19)11-15)25(28,29)17-5-3-4-6-18(17)27;/h3-11,16H,12-13H2,1-2H3,(H,30,32,33);1H2/t16-;/m0./s1. The molecule has 5 heterocycles. The van der Waals surface area contributed by atoms with E-state index in [1.165, 1.54) is 12.1 Å². The zero-order valence-electron chi connectivity index (χ0n) is 20.8. The molecule has 4 aromatic heterocycles. The van der Waals surface area contributed by atoms with E-state index in [4.69, 9.17) is 0 Å². The van der Waals surface area contributed by atoms with E-state index in [-0.39, 0.29) is 25.9 Å². The van der Waals surface area contributed by atoms with Gasteiger partial charge in [-0.2, -0.15) is 27.4 Å². The third-order valence-electron chi connectivity index (χ3n) is 6.45. The van der Waals surface area contributed by atoms with Gasteiger partial charge in [0, 0.05) is 31.1 Å². The highest BCUT2D eigenvalue weighted by Gasteiger charge is 2.44. The molecule has 1 N–H and O–H groups in total. The van der Waals surface area contributed by atoms with Gasteiger partial charge < -0.3 is 14.5 Å². The Morgan fingerprint density at radius 3 is 2.64 bits per heavy atom. The Morgan fingerprint density at radius 2 is 1.90 bits per heavy atom. The van der Waals surface area contributed by atoms with Crippen LogP contribution in [0.25, 0.3) is 22.8 Å². The van der Waals surface area contributed by atoms with Gasteiger partial charge in [-0.25, -0.2) is 18.7 Å². The molecule has 0 bridgehead atoms. The first-order valence-electron chi connectivity index (χ1n) is 11.7. The summed E-state index contributed by atoms with van der Waals surface area (Å²) in [6.07, 6.45) is 3.46. The second kappa shape index (κ2) is 9.84. The van der Waals surface area contributed by atoms with Crippen LogP contribution in [0.1, 0.15) is 17.0 Å². The number of rotatable bonds is 5. The third-order valence-corrected chi connectivity index (χ3v) is 6.45. The molecule has 1 aromatic carbocycles. The Labute approximate surface area is 227 Å². The summed E-state index contributed by atoms with van der Waals surface area (Å²) in [5, 5.41) is 14.9. The van der Waals surface area contributed by atoms with E-state index >= 15 is 13.2 Å². The summed E-state index contributed by atoms with van der Waals surface area (Å²) in [6.45, 7) is 1.34. The SMILES string of the molecule is Cc1cnc(Nc2ccnn2C)nc1-c1cc2n(c1)C[C@H](F)Cn1c-2nnc1C(F)(F)c1ccccc1F.S. The minimum Gasteiger partial charge on any atom is -0.341 e. The number of aryl methyl sites for hydroxylation is 2. The zero-order chi connectivity index (χ0) is 26.6. The number of fused-ring (bicyclic) bond motifs is 3. The average molecular weight is 558 g/mol. The van der Waals surface area contributed by atoms with Crippen LogP contribution in [0.15, 0.2) is 55.0 Å². The molecule has 0 fully saturated rings. The second-order valence-electron chi connectivity index (χ2n) is 9.07. The number of aromatic nitrogens is 8. The molecule has 9 nitrogen and oxygen atoms in total. The zero-order valence-corrected chi connectivity index (χ0v) is 21.8. The first-order valence-corrected chi connectivity index (χ1v) is 11.7. The number of anilines is 2. The van der Waals surface area contributed by atoms with Crippen LogP contribution < -0.4 is 5.32 Å². The van der Waals surface area contributed by atoms with Gasteiger partial charge in [0.25, 0.3) is 0 Å². The summed E-state index contributed by atoms with van der Waals surface area (Å²) < 4.78 is 64.5. The van der Waals surface area contributed by atoms with Crippen molar-refractivity contribution in [3.05, 3.63) is 77.8 Å². The Balaban J connectivity index is 0.00000308. The van der Waals surface area contributed by atoms with E-state index < -0.39 is 35.8 Å². The van der Waals surface area contributed by atoms with Gasteiger partial charge >= 0.3 is 5.92 Å². The molecule has 6 rings (SSSR count). The molecule has 1 aliphatic heterocycles. The summed E-state index contributed by atoms with van der Waals surface area (Å²) in [7, 11) is 1.77. The molecule has 0 amide bonds. The van der Waals surface area contributed by atoms with Gasteiger partial charge in [-0.05, 0) is 30.7 Å². The normalized spacial score (nSPS) is 14.8. The lowest BCUT2D eigenvalue weighted by atomic mass is 10.1. The summed E-state index contributed by atoms with van der Waals surface area (Å²) in [5.74, 6) is -4.66. The van der Waals surface area contributed by atoms with Crippen LogP contribution in [-0.2, 0) is 26.1 Å². The van der Waals surface area contributed by atoms with Gasteiger partial charge in [-0.3, -0.25) is 4.68 Å². The lowest BCUT2D eigenvalue weighted by molar-refractivity contribution is 0.0238. The predicted molar refractivity (Wildman–Crippen MR) is 140 cm³/mol. The fraction of sp³-hybridized carbons (Fsp3) is 0.240. The maximum absolute atomic E-state index is 15.4. The molecule has 1 atom stereocenters. The van der Waals surface area contributed by atoms with Crippen molar-refractivity contribution >= 4 is 25.3 Å². The number of nitrogens with zero attached hydrogens (tertiary/aromatic N) is 8. The molecule has 0 spiro atoms. The second-order valence-corrected chi connectivity index (χ2v) is 9.07. The first-order chi connectivity index (χ1) is 18.2. The number of hydrogen-bond donors (Lipinski definition) is 1. The van der Waals surface area contributed by atoms with E-state index in [1.807, 2.05) is 6.92 Å². The molecule has 202 valence electrons. The molecule has 0 unspecified atom stereocenters. The van der Waals surface area contributed by atoms with E-state index in [9.17, 15) is 4.39 Å². The van der Waals surface area contributed by atoms with Crippen molar-refractivity contribution in [1.82, 2.24) is 39.1 Å². The van der Waals surface area contributed by atoms with Crippen molar-refractivity contribution in [1.29, 1.82) is 0 Å². The monoisotopic (exact) mass is 557 g/mol. The minimum absolute atomic E-state index is 0. The van der Waals surface area contributed by atoms with Crippen molar-refractivity contribution in [2.45, 2.75) is 32.1 Å². The predicted octanol–water partition coefficient (Wildman–Crippen LogP) is 4.73. The summed E-state index contributed by atoms with van der Waals surface area (Å²) in [4.78, 5) is 8.94. The largest absolute Gasteiger partial charge is 0.341 e. The number of alkyl halides is 3. The molecule has 0 radical (unpaired) electrons. The fourth-order valence-corrected chi connectivity index (χ4v) is 4.59.